The quantitative estimate of drug-likeness (QED) is 0.195. The Morgan fingerprint density at radius 2 is 2.00 bits per heavy atom. The van der Waals surface area contributed by atoms with Crippen molar-refractivity contribution >= 4 is 50.4 Å². The molecular weight excluding hydrogens is 456 g/mol. The SMILES string of the molecule is Clc1ccc2[nH]cc(CCCNSc3ccc(OCC4(CBr)CC4)cc3)c2c1. The number of ether oxygens (including phenoxy) is 1. The second-order valence-corrected chi connectivity index (χ2v) is 9.46. The molecule has 4 rings (SSSR count). The lowest BCUT2D eigenvalue weighted by molar-refractivity contribution is 0.251. The van der Waals surface area contributed by atoms with E-state index in [0.717, 1.165) is 47.6 Å². The minimum Gasteiger partial charge on any atom is -0.493 e. The number of aryl methyl sites for hydroxylation is 1. The van der Waals surface area contributed by atoms with Crippen molar-refractivity contribution in [3.8, 4) is 5.75 Å². The van der Waals surface area contributed by atoms with E-state index in [-0.39, 0.29) is 0 Å². The molecule has 0 bridgehead atoms. The first kappa shape index (κ1) is 20.1. The van der Waals surface area contributed by atoms with Crippen LogP contribution in [0.25, 0.3) is 10.9 Å². The molecule has 0 atom stereocenters. The standard InChI is InChI=1S/C22H24BrClN2OS/c23-14-22(9-10-22)15-27-18-4-6-19(7-5-18)28-26-11-1-2-16-13-25-21-8-3-17(24)12-20(16)21/h3-8,12-13,25-26H,1-2,9-11,14-15H2. The highest BCUT2D eigenvalue weighted by molar-refractivity contribution is 9.09. The lowest BCUT2D eigenvalue weighted by atomic mass is 10.1. The minimum absolute atomic E-state index is 0.380. The molecule has 0 spiro atoms. The van der Waals surface area contributed by atoms with Crippen LogP contribution in [0, 0.1) is 5.41 Å². The number of aromatic amines is 1. The summed E-state index contributed by atoms with van der Waals surface area (Å²) < 4.78 is 9.39. The van der Waals surface area contributed by atoms with Crippen LogP contribution in [0.2, 0.25) is 5.02 Å². The second-order valence-electron chi connectivity index (χ2n) is 7.50. The molecule has 28 heavy (non-hydrogen) atoms. The van der Waals surface area contributed by atoms with Gasteiger partial charge in [-0.1, -0.05) is 27.5 Å². The highest BCUT2D eigenvalue weighted by Gasteiger charge is 2.42. The van der Waals surface area contributed by atoms with Crippen LogP contribution in [-0.4, -0.2) is 23.5 Å². The third-order valence-corrected chi connectivity index (χ3v) is 7.53. The maximum Gasteiger partial charge on any atom is 0.119 e. The van der Waals surface area contributed by atoms with Crippen LogP contribution in [0.4, 0.5) is 0 Å². The third-order valence-electron chi connectivity index (χ3n) is 5.25. The molecule has 148 valence electrons. The number of aromatic nitrogens is 1. The Balaban J connectivity index is 1.18. The van der Waals surface area contributed by atoms with Crippen LogP contribution in [-0.2, 0) is 6.42 Å². The van der Waals surface area contributed by atoms with Gasteiger partial charge in [-0.2, -0.15) is 0 Å². The molecule has 1 aliphatic rings. The summed E-state index contributed by atoms with van der Waals surface area (Å²) in [5, 5.41) is 3.04. The summed E-state index contributed by atoms with van der Waals surface area (Å²) in [6.07, 6.45) is 6.72. The molecule has 2 aromatic carbocycles. The molecule has 0 unspecified atom stereocenters. The van der Waals surface area contributed by atoms with E-state index in [2.05, 4.69) is 56.1 Å². The van der Waals surface area contributed by atoms with Crippen LogP contribution in [0.5, 0.6) is 5.75 Å². The molecule has 3 aromatic rings. The highest BCUT2D eigenvalue weighted by atomic mass is 79.9. The Hall–Kier alpha value is -1.14. The molecule has 6 heteroatoms. The van der Waals surface area contributed by atoms with Gasteiger partial charge in [0.15, 0.2) is 0 Å². The van der Waals surface area contributed by atoms with Gasteiger partial charge in [0.1, 0.15) is 5.75 Å². The summed E-state index contributed by atoms with van der Waals surface area (Å²) in [5.41, 5.74) is 2.85. The smallest absolute Gasteiger partial charge is 0.119 e. The van der Waals surface area contributed by atoms with Gasteiger partial charge < -0.3 is 9.72 Å². The molecule has 1 fully saturated rings. The number of rotatable bonds is 10. The first-order valence-electron chi connectivity index (χ1n) is 9.62. The van der Waals surface area contributed by atoms with Gasteiger partial charge in [0.05, 0.1) is 6.61 Å². The van der Waals surface area contributed by atoms with Crippen molar-refractivity contribution in [2.45, 2.75) is 30.6 Å². The number of nitrogens with one attached hydrogen (secondary N) is 2. The second kappa shape index (κ2) is 9.12. The van der Waals surface area contributed by atoms with Crippen molar-refractivity contribution in [2.24, 2.45) is 5.41 Å². The normalized spacial score (nSPS) is 15.1. The van der Waals surface area contributed by atoms with Crippen LogP contribution in [0.15, 0.2) is 53.6 Å². The van der Waals surface area contributed by atoms with Gasteiger partial charge in [-0.05, 0) is 85.7 Å². The molecular formula is C22H24BrClN2OS. The summed E-state index contributed by atoms with van der Waals surface area (Å²) in [7, 11) is 0. The van der Waals surface area contributed by atoms with E-state index >= 15 is 0 Å². The van der Waals surface area contributed by atoms with Gasteiger partial charge in [0.25, 0.3) is 0 Å². The summed E-state index contributed by atoms with van der Waals surface area (Å²) in [6, 6.07) is 14.3. The average Bonchev–Trinajstić information content (AvgIpc) is 3.41. The maximum absolute atomic E-state index is 6.12. The third kappa shape index (κ3) is 5.07. The summed E-state index contributed by atoms with van der Waals surface area (Å²) in [5.74, 6) is 0.953. The van der Waals surface area contributed by atoms with E-state index in [1.807, 2.05) is 18.2 Å². The van der Waals surface area contributed by atoms with Crippen LogP contribution in [0.3, 0.4) is 0 Å². The lowest BCUT2D eigenvalue weighted by Gasteiger charge is -2.13. The molecule has 0 radical (unpaired) electrons. The molecule has 1 aromatic heterocycles. The molecule has 1 saturated carbocycles. The number of benzene rings is 2. The average molecular weight is 480 g/mol. The number of fused-ring (bicyclic) bond motifs is 1. The molecule has 0 saturated heterocycles. The van der Waals surface area contributed by atoms with Crippen molar-refractivity contribution in [1.29, 1.82) is 0 Å². The van der Waals surface area contributed by atoms with Crippen molar-refractivity contribution in [3.05, 3.63) is 59.2 Å². The van der Waals surface area contributed by atoms with Crippen LogP contribution in [0.1, 0.15) is 24.8 Å². The van der Waals surface area contributed by atoms with Crippen molar-refractivity contribution in [1.82, 2.24) is 9.71 Å². The predicted molar refractivity (Wildman–Crippen MR) is 123 cm³/mol. The molecule has 1 heterocycles. The fourth-order valence-electron chi connectivity index (χ4n) is 3.18. The van der Waals surface area contributed by atoms with E-state index in [9.17, 15) is 0 Å². The summed E-state index contributed by atoms with van der Waals surface area (Å²) in [6.45, 7) is 1.76. The summed E-state index contributed by atoms with van der Waals surface area (Å²) >= 11 is 11.4. The van der Waals surface area contributed by atoms with E-state index < -0.39 is 0 Å². The molecule has 2 N–H and O–H groups in total. The van der Waals surface area contributed by atoms with E-state index in [1.54, 1.807) is 11.9 Å². The first-order chi connectivity index (χ1) is 13.7. The van der Waals surface area contributed by atoms with Crippen LogP contribution >= 0.6 is 39.5 Å². The summed E-state index contributed by atoms with van der Waals surface area (Å²) in [4.78, 5) is 4.52. The monoisotopic (exact) mass is 478 g/mol. The van der Waals surface area contributed by atoms with Gasteiger partial charge in [0, 0.05) is 44.3 Å². The first-order valence-corrected chi connectivity index (χ1v) is 11.9. The maximum atomic E-state index is 6.12. The number of hydrogen-bond acceptors (Lipinski definition) is 3. The minimum atomic E-state index is 0.380. The molecule has 0 amide bonds. The Morgan fingerprint density at radius 3 is 2.75 bits per heavy atom. The largest absolute Gasteiger partial charge is 0.493 e. The fourth-order valence-corrected chi connectivity index (χ4v) is 4.76. The fraction of sp³-hybridized carbons (Fsp3) is 0.364. The van der Waals surface area contributed by atoms with E-state index in [0.29, 0.717) is 5.41 Å². The topological polar surface area (TPSA) is 37.0 Å². The zero-order valence-corrected chi connectivity index (χ0v) is 18.8. The van der Waals surface area contributed by atoms with Gasteiger partial charge in [-0.25, -0.2) is 0 Å². The lowest BCUT2D eigenvalue weighted by Crippen LogP contribution is -2.14. The number of alkyl halides is 1. The Labute approximate surface area is 183 Å². The van der Waals surface area contributed by atoms with E-state index in [1.165, 1.54) is 28.7 Å². The van der Waals surface area contributed by atoms with Crippen molar-refractivity contribution < 1.29 is 4.74 Å². The van der Waals surface area contributed by atoms with Crippen molar-refractivity contribution in [3.63, 3.8) is 0 Å². The number of hydrogen-bond donors (Lipinski definition) is 2. The Morgan fingerprint density at radius 1 is 1.18 bits per heavy atom. The van der Waals surface area contributed by atoms with Crippen LogP contribution < -0.4 is 9.46 Å². The van der Waals surface area contributed by atoms with Gasteiger partial charge in [-0.3, -0.25) is 4.72 Å². The highest BCUT2D eigenvalue weighted by Crippen LogP contribution is 2.47. The Kier molecular flexibility index (Phi) is 6.56. The zero-order chi connectivity index (χ0) is 19.4. The van der Waals surface area contributed by atoms with Crippen molar-refractivity contribution in [2.75, 3.05) is 18.5 Å². The predicted octanol–water partition coefficient (Wildman–Crippen LogP) is 6.60. The van der Waals surface area contributed by atoms with Gasteiger partial charge in [0.2, 0.25) is 0 Å². The molecule has 0 aliphatic heterocycles. The number of halogens is 2. The number of H-pyrrole nitrogens is 1. The zero-order valence-electron chi connectivity index (χ0n) is 15.6. The molecule has 3 nitrogen and oxygen atoms in total. The van der Waals surface area contributed by atoms with Gasteiger partial charge in [-0.15, -0.1) is 0 Å². The van der Waals surface area contributed by atoms with Gasteiger partial charge >= 0.3 is 0 Å². The van der Waals surface area contributed by atoms with E-state index in [4.69, 9.17) is 16.3 Å². The molecule has 1 aliphatic carbocycles. The Bertz CT molecular complexity index is 924.